The van der Waals surface area contributed by atoms with Gasteiger partial charge >= 0.3 is 10.3 Å². The van der Waals surface area contributed by atoms with Gasteiger partial charge in [0.25, 0.3) is 5.91 Å². The van der Waals surface area contributed by atoms with Gasteiger partial charge in [-0.15, -0.1) is 0 Å². The zero-order valence-corrected chi connectivity index (χ0v) is 10.2. The first-order valence-electron chi connectivity index (χ1n) is 5.00. The van der Waals surface area contributed by atoms with Gasteiger partial charge in [0, 0.05) is 6.54 Å². The van der Waals surface area contributed by atoms with Crippen LogP contribution in [0.25, 0.3) is 0 Å². The standard InChI is InChI=1S/C9H17NO4S/c1-6(2)5-10-9(11)8(7(3)4)14-15(10,12)13/h6-8H,5H2,1-4H3/t8-/m0/s1. The molecule has 1 saturated heterocycles. The normalized spacial score (nSPS) is 25.6. The Labute approximate surface area is 90.7 Å². The lowest BCUT2D eigenvalue weighted by Gasteiger charge is -2.15. The average Bonchev–Trinajstić information content (AvgIpc) is 2.27. The molecule has 0 aromatic carbocycles. The van der Waals surface area contributed by atoms with Gasteiger partial charge in [-0.05, 0) is 11.8 Å². The van der Waals surface area contributed by atoms with Gasteiger partial charge in [-0.3, -0.25) is 4.79 Å². The van der Waals surface area contributed by atoms with E-state index in [1.165, 1.54) is 0 Å². The Hall–Kier alpha value is -0.620. The molecular weight excluding hydrogens is 218 g/mol. The molecule has 1 amide bonds. The summed E-state index contributed by atoms with van der Waals surface area (Å²) in [6.45, 7) is 7.41. The summed E-state index contributed by atoms with van der Waals surface area (Å²) in [6.07, 6.45) is -0.853. The molecule has 0 bridgehead atoms. The first-order chi connectivity index (χ1) is 6.75. The van der Waals surface area contributed by atoms with E-state index in [1.54, 1.807) is 13.8 Å². The van der Waals surface area contributed by atoms with Crippen molar-refractivity contribution >= 4 is 16.2 Å². The van der Waals surface area contributed by atoms with E-state index in [4.69, 9.17) is 4.18 Å². The van der Waals surface area contributed by atoms with Gasteiger partial charge in [0.2, 0.25) is 0 Å². The van der Waals surface area contributed by atoms with Crippen LogP contribution in [0.4, 0.5) is 0 Å². The topological polar surface area (TPSA) is 63.7 Å². The Morgan fingerprint density at radius 3 is 2.20 bits per heavy atom. The van der Waals surface area contributed by atoms with E-state index in [0.29, 0.717) is 0 Å². The molecule has 1 aliphatic rings. The van der Waals surface area contributed by atoms with E-state index in [2.05, 4.69) is 0 Å². The van der Waals surface area contributed by atoms with Gasteiger partial charge in [-0.2, -0.15) is 8.42 Å². The first-order valence-corrected chi connectivity index (χ1v) is 6.37. The van der Waals surface area contributed by atoms with Crippen molar-refractivity contribution in [3.8, 4) is 0 Å². The molecular formula is C9H17NO4S. The fourth-order valence-corrected chi connectivity index (χ4v) is 2.86. The minimum absolute atomic E-state index is 0.0956. The zero-order chi connectivity index (χ0) is 11.8. The maximum atomic E-state index is 11.7. The van der Waals surface area contributed by atoms with Crippen LogP contribution < -0.4 is 0 Å². The van der Waals surface area contributed by atoms with Crippen LogP contribution in [0.5, 0.6) is 0 Å². The van der Waals surface area contributed by atoms with Crippen LogP contribution >= 0.6 is 0 Å². The van der Waals surface area contributed by atoms with Crippen molar-refractivity contribution in [2.75, 3.05) is 6.54 Å². The number of carbonyl (C=O) groups is 1. The fourth-order valence-electron chi connectivity index (χ4n) is 1.39. The average molecular weight is 235 g/mol. The molecule has 0 saturated carbocycles. The van der Waals surface area contributed by atoms with E-state index < -0.39 is 22.3 Å². The smallest absolute Gasteiger partial charge is 0.271 e. The Bertz CT molecular complexity index is 347. The highest BCUT2D eigenvalue weighted by molar-refractivity contribution is 7.85. The van der Waals surface area contributed by atoms with Crippen LogP contribution in [0.3, 0.4) is 0 Å². The number of nitrogens with zero attached hydrogens (tertiary/aromatic N) is 1. The van der Waals surface area contributed by atoms with Gasteiger partial charge in [-0.1, -0.05) is 27.7 Å². The van der Waals surface area contributed by atoms with Gasteiger partial charge in [0.15, 0.2) is 6.10 Å². The van der Waals surface area contributed by atoms with Gasteiger partial charge in [0.1, 0.15) is 0 Å². The van der Waals surface area contributed by atoms with Crippen molar-refractivity contribution in [2.24, 2.45) is 11.8 Å². The van der Waals surface area contributed by atoms with Crippen LogP contribution in [0.15, 0.2) is 0 Å². The largest absolute Gasteiger partial charge is 0.365 e. The molecule has 1 rings (SSSR count). The molecule has 88 valence electrons. The Morgan fingerprint density at radius 2 is 1.87 bits per heavy atom. The quantitative estimate of drug-likeness (QED) is 0.725. The molecule has 5 nitrogen and oxygen atoms in total. The molecule has 0 spiro atoms. The Kier molecular flexibility index (Phi) is 3.40. The molecule has 0 aliphatic carbocycles. The summed E-state index contributed by atoms with van der Waals surface area (Å²) in [5.74, 6) is -0.485. The predicted octanol–water partition coefficient (Wildman–Crippen LogP) is 0.771. The summed E-state index contributed by atoms with van der Waals surface area (Å²) >= 11 is 0. The molecule has 0 unspecified atom stereocenters. The van der Waals surface area contributed by atoms with Crippen molar-refractivity contribution in [1.82, 2.24) is 4.31 Å². The van der Waals surface area contributed by atoms with Gasteiger partial charge in [0.05, 0.1) is 0 Å². The van der Waals surface area contributed by atoms with Crippen LogP contribution in [-0.2, 0) is 19.3 Å². The lowest BCUT2D eigenvalue weighted by molar-refractivity contribution is -0.131. The molecule has 0 aromatic rings. The first kappa shape index (κ1) is 12.4. The highest BCUT2D eigenvalue weighted by Crippen LogP contribution is 2.25. The van der Waals surface area contributed by atoms with E-state index in [0.717, 1.165) is 4.31 Å². The molecule has 0 aromatic heterocycles. The van der Waals surface area contributed by atoms with Crippen molar-refractivity contribution < 1.29 is 17.4 Å². The minimum atomic E-state index is -3.84. The number of amides is 1. The highest BCUT2D eigenvalue weighted by Gasteiger charge is 2.46. The van der Waals surface area contributed by atoms with Crippen molar-refractivity contribution in [2.45, 2.75) is 33.8 Å². The summed E-state index contributed by atoms with van der Waals surface area (Å²) in [4.78, 5) is 11.7. The SMILES string of the molecule is CC(C)CN1C(=O)[C@H](C(C)C)OS1(=O)=O. The summed E-state index contributed by atoms with van der Waals surface area (Å²) in [7, 11) is -3.84. The Balaban J connectivity index is 2.93. The number of rotatable bonds is 3. The maximum Gasteiger partial charge on any atom is 0.365 e. The third kappa shape index (κ3) is 2.49. The fraction of sp³-hybridized carbons (Fsp3) is 0.889. The van der Waals surface area contributed by atoms with Crippen LogP contribution in [0.1, 0.15) is 27.7 Å². The second-order valence-corrected chi connectivity index (χ2v) is 5.97. The maximum absolute atomic E-state index is 11.7. The van der Waals surface area contributed by atoms with E-state index in [1.807, 2.05) is 13.8 Å². The molecule has 15 heavy (non-hydrogen) atoms. The van der Waals surface area contributed by atoms with Crippen LogP contribution in [0, 0.1) is 11.8 Å². The number of carbonyl (C=O) groups excluding carboxylic acids is 1. The second kappa shape index (κ2) is 4.09. The number of hydrogen-bond acceptors (Lipinski definition) is 4. The Morgan fingerprint density at radius 1 is 1.33 bits per heavy atom. The van der Waals surface area contributed by atoms with Gasteiger partial charge < -0.3 is 0 Å². The third-order valence-corrected chi connectivity index (χ3v) is 3.44. The van der Waals surface area contributed by atoms with E-state index >= 15 is 0 Å². The molecule has 0 N–H and O–H groups in total. The highest BCUT2D eigenvalue weighted by atomic mass is 32.2. The summed E-state index contributed by atoms with van der Waals surface area (Å²) in [5, 5.41) is 0. The second-order valence-electron chi connectivity index (χ2n) is 4.48. The third-order valence-electron chi connectivity index (χ3n) is 2.12. The van der Waals surface area contributed by atoms with Crippen molar-refractivity contribution in [3.05, 3.63) is 0 Å². The molecule has 0 radical (unpaired) electrons. The molecule has 6 heteroatoms. The monoisotopic (exact) mass is 235 g/mol. The zero-order valence-electron chi connectivity index (χ0n) is 9.43. The summed E-state index contributed by atoms with van der Waals surface area (Å²) in [5.41, 5.74) is 0. The lowest BCUT2D eigenvalue weighted by atomic mass is 10.1. The van der Waals surface area contributed by atoms with Gasteiger partial charge in [-0.25, -0.2) is 8.49 Å². The van der Waals surface area contributed by atoms with Crippen molar-refractivity contribution in [1.29, 1.82) is 0 Å². The van der Waals surface area contributed by atoms with Crippen LogP contribution in [-0.4, -0.2) is 31.3 Å². The summed E-state index contributed by atoms with van der Waals surface area (Å²) < 4.78 is 28.6. The lowest BCUT2D eigenvalue weighted by Crippen LogP contribution is -2.36. The van der Waals surface area contributed by atoms with E-state index in [-0.39, 0.29) is 18.4 Å². The van der Waals surface area contributed by atoms with Crippen molar-refractivity contribution in [3.63, 3.8) is 0 Å². The molecule has 1 heterocycles. The predicted molar refractivity (Wildman–Crippen MR) is 55.2 cm³/mol. The molecule has 1 aliphatic heterocycles. The number of hydrogen-bond donors (Lipinski definition) is 0. The molecule has 1 fully saturated rings. The van der Waals surface area contributed by atoms with Crippen LogP contribution in [0.2, 0.25) is 0 Å². The minimum Gasteiger partial charge on any atom is -0.271 e. The summed E-state index contributed by atoms with van der Waals surface area (Å²) in [6, 6.07) is 0. The van der Waals surface area contributed by atoms with E-state index in [9.17, 15) is 13.2 Å². The molecule has 1 atom stereocenters.